The highest BCUT2D eigenvalue weighted by Crippen LogP contribution is 2.21. The number of nitro benzene ring substituents is 1. The van der Waals surface area contributed by atoms with E-state index < -0.39 is 0 Å². The average molecular weight is 246 g/mol. The number of non-ortho nitro benzene ring substituents is 1. The van der Waals surface area contributed by atoms with Crippen molar-refractivity contribution in [3.05, 3.63) is 39.9 Å². The van der Waals surface area contributed by atoms with Gasteiger partial charge in [-0.2, -0.15) is 0 Å². The molecule has 4 heteroatoms. The van der Waals surface area contributed by atoms with Gasteiger partial charge in [-0.1, -0.05) is 19.1 Å². The topological polar surface area (TPSA) is 55.2 Å². The Morgan fingerprint density at radius 1 is 1.56 bits per heavy atom. The number of terminal acetylenes is 1. The summed E-state index contributed by atoms with van der Waals surface area (Å²) in [5.41, 5.74) is 1.09. The van der Waals surface area contributed by atoms with Gasteiger partial charge in [-0.25, -0.2) is 0 Å². The van der Waals surface area contributed by atoms with Gasteiger partial charge in [0.05, 0.1) is 4.92 Å². The van der Waals surface area contributed by atoms with Crippen LogP contribution in [-0.2, 0) is 0 Å². The molecule has 0 spiro atoms. The zero-order valence-electron chi connectivity index (χ0n) is 10.6. The second kappa shape index (κ2) is 7.46. The highest BCUT2D eigenvalue weighted by molar-refractivity contribution is 5.35. The fourth-order valence-electron chi connectivity index (χ4n) is 1.82. The second-order valence-electron chi connectivity index (χ2n) is 4.07. The Morgan fingerprint density at radius 3 is 2.94 bits per heavy atom. The van der Waals surface area contributed by atoms with Gasteiger partial charge in [0.25, 0.3) is 5.69 Å². The van der Waals surface area contributed by atoms with Crippen molar-refractivity contribution in [1.82, 2.24) is 5.32 Å². The Bertz CT molecular complexity index is 438. The minimum Gasteiger partial charge on any atom is -0.310 e. The lowest BCUT2D eigenvalue weighted by Gasteiger charge is -2.16. The molecule has 0 saturated carbocycles. The van der Waals surface area contributed by atoms with Crippen LogP contribution in [0.3, 0.4) is 0 Å². The van der Waals surface area contributed by atoms with Crippen LogP contribution in [0.25, 0.3) is 0 Å². The van der Waals surface area contributed by atoms with Crippen molar-refractivity contribution < 1.29 is 4.92 Å². The molecule has 1 aromatic rings. The molecule has 1 N–H and O–H groups in total. The second-order valence-corrected chi connectivity index (χ2v) is 4.07. The zero-order chi connectivity index (χ0) is 13.4. The molecule has 1 rings (SSSR count). The molecule has 0 amide bonds. The monoisotopic (exact) mass is 246 g/mol. The van der Waals surface area contributed by atoms with E-state index in [9.17, 15) is 10.1 Å². The summed E-state index contributed by atoms with van der Waals surface area (Å²) in [6.07, 6.45) is 7.74. The Balaban J connectivity index is 2.67. The van der Waals surface area contributed by atoms with E-state index in [4.69, 9.17) is 6.42 Å². The van der Waals surface area contributed by atoms with Crippen LogP contribution in [0.1, 0.15) is 37.8 Å². The Labute approximate surface area is 108 Å². The molecule has 0 fully saturated rings. The van der Waals surface area contributed by atoms with Crippen LogP contribution in [0.15, 0.2) is 24.3 Å². The predicted octanol–water partition coefficient (Wildman–Crippen LogP) is 3.05. The van der Waals surface area contributed by atoms with Crippen molar-refractivity contribution in [2.45, 2.75) is 32.2 Å². The standard InChI is InChI=1S/C14H18N2O2/c1-3-5-6-10-15-14(4-2)12-8-7-9-13(11-12)16(17)18/h1,7-9,11,14-15H,4-6,10H2,2H3. The summed E-state index contributed by atoms with van der Waals surface area (Å²) in [6.45, 7) is 2.88. The van der Waals surface area contributed by atoms with Crippen LogP contribution in [-0.4, -0.2) is 11.5 Å². The van der Waals surface area contributed by atoms with E-state index in [1.165, 1.54) is 6.07 Å². The normalized spacial score (nSPS) is 11.8. The molecule has 1 aromatic carbocycles. The van der Waals surface area contributed by atoms with Gasteiger partial charge in [0.15, 0.2) is 0 Å². The number of unbranched alkanes of at least 4 members (excludes halogenated alkanes) is 1. The van der Waals surface area contributed by atoms with E-state index in [-0.39, 0.29) is 16.7 Å². The molecular formula is C14H18N2O2. The van der Waals surface area contributed by atoms with Crippen LogP contribution in [0, 0.1) is 22.5 Å². The molecule has 0 aliphatic heterocycles. The van der Waals surface area contributed by atoms with E-state index in [2.05, 4.69) is 18.2 Å². The molecule has 4 nitrogen and oxygen atoms in total. The summed E-state index contributed by atoms with van der Waals surface area (Å²) >= 11 is 0. The van der Waals surface area contributed by atoms with Crippen LogP contribution < -0.4 is 5.32 Å². The molecule has 96 valence electrons. The molecule has 0 saturated heterocycles. The quantitative estimate of drug-likeness (QED) is 0.348. The van der Waals surface area contributed by atoms with Gasteiger partial charge in [-0.3, -0.25) is 10.1 Å². The van der Waals surface area contributed by atoms with E-state index in [0.717, 1.165) is 31.4 Å². The fraction of sp³-hybridized carbons (Fsp3) is 0.429. The molecule has 1 atom stereocenters. The highest BCUT2D eigenvalue weighted by atomic mass is 16.6. The van der Waals surface area contributed by atoms with Gasteiger partial charge in [0, 0.05) is 24.6 Å². The van der Waals surface area contributed by atoms with E-state index >= 15 is 0 Å². The number of benzene rings is 1. The number of hydrogen-bond acceptors (Lipinski definition) is 3. The number of nitrogens with one attached hydrogen (secondary N) is 1. The van der Waals surface area contributed by atoms with Crippen LogP contribution >= 0.6 is 0 Å². The molecular weight excluding hydrogens is 228 g/mol. The minimum atomic E-state index is -0.367. The summed E-state index contributed by atoms with van der Waals surface area (Å²) < 4.78 is 0. The molecule has 1 unspecified atom stereocenters. The van der Waals surface area contributed by atoms with Crippen molar-refractivity contribution in [2.75, 3.05) is 6.54 Å². The SMILES string of the molecule is C#CCCCNC(CC)c1cccc([N+](=O)[O-])c1. The zero-order valence-corrected chi connectivity index (χ0v) is 10.6. The number of nitro groups is 1. The maximum Gasteiger partial charge on any atom is 0.269 e. The van der Waals surface area contributed by atoms with E-state index in [1.807, 2.05) is 6.07 Å². The summed E-state index contributed by atoms with van der Waals surface area (Å²) in [4.78, 5) is 10.4. The largest absolute Gasteiger partial charge is 0.310 e. The number of nitrogens with zero attached hydrogens (tertiary/aromatic N) is 1. The number of rotatable bonds is 7. The summed E-state index contributed by atoms with van der Waals surface area (Å²) in [5, 5.41) is 14.1. The summed E-state index contributed by atoms with van der Waals surface area (Å²) in [7, 11) is 0. The van der Waals surface area contributed by atoms with Gasteiger partial charge in [0.2, 0.25) is 0 Å². The first-order valence-electron chi connectivity index (χ1n) is 6.10. The fourth-order valence-corrected chi connectivity index (χ4v) is 1.82. The summed E-state index contributed by atoms with van der Waals surface area (Å²) in [5.74, 6) is 2.59. The maximum atomic E-state index is 10.7. The Kier molecular flexibility index (Phi) is 5.89. The molecule has 0 heterocycles. The first kappa shape index (κ1) is 14.2. The predicted molar refractivity (Wildman–Crippen MR) is 72.2 cm³/mol. The van der Waals surface area contributed by atoms with Crippen LogP contribution in [0.2, 0.25) is 0 Å². The van der Waals surface area contributed by atoms with Crippen molar-refractivity contribution in [1.29, 1.82) is 0 Å². The van der Waals surface area contributed by atoms with Gasteiger partial charge >= 0.3 is 0 Å². The lowest BCUT2D eigenvalue weighted by atomic mass is 10.0. The third kappa shape index (κ3) is 4.19. The lowest BCUT2D eigenvalue weighted by molar-refractivity contribution is -0.384. The Morgan fingerprint density at radius 2 is 2.33 bits per heavy atom. The molecule has 0 aliphatic rings. The van der Waals surface area contributed by atoms with Gasteiger partial charge in [-0.05, 0) is 24.9 Å². The van der Waals surface area contributed by atoms with E-state index in [0.29, 0.717) is 0 Å². The van der Waals surface area contributed by atoms with Crippen LogP contribution in [0.4, 0.5) is 5.69 Å². The van der Waals surface area contributed by atoms with Crippen molar-refractivity contribution in [3.63, 3.8) is 0 Å². The first-order valence-corrected chi connectivity index (χ1v) is 6.10. The lowest BCUT2D eigenvalue weighted by Crippen LogP contribution is -2.21. The number of hydrogen-bond donors (Lipinski definition) is 1. The molecule has 0 aliphatic carbocycles. The third-order valence-corrected chi connectivity index (χ3v) is 2.78. The molecule has 0 aromatic heterocycles. The van der Waals surface area contributed by atoms with Gasteiger partial charge < -0.3 is 5.32 Å². The smallest absolute Gasteiger partial charge is 0.269 e. The third-order valence-electron chi connectivity index (χ3n) is 2.78. The van der Waals surface area contributed by atoms with E-state index in [1.54, 1.807) is 12.1 Å². The Hall–Kier alpha value is -1.86. The van der Waals surface area contributed by atoms with Crippen molar-refractivity contribution >= 4 is 5.69 Å². The minimum absolute atomic E-state index is 0.136. The van der Waals surface area contributed by atoms with Crippen molar-refractivity contribution in [2.24, 2.45) is 0 Å². The van der Waals surface area contributed by atoms with Crippen molar-refractivity contribution in [3.8, 4) is 12.3 Å². The summed E-state index contributed by atoms with van der Waals surface area (Å²) in [6, 6.07) is 6.91. The molecule has 0 radical (unpaired) electrons. The highest BCUT2D eigenvalue weighted by Gasteiger charge is 2.12. The van der Waals surface area contributed by atoms with Gasteiger partial charge in [0.1, 0.15) is 0 Å². The molecule has 18 heavy (non-hydrogen) atoms. The van der Waals surface area contributed by atoms with Gasteiger partial charge in [-0.15, -0.1) is 12.3 Å². The average Bonchev–Trinajstić information content (AvgIpc) is 2.39. The maximum absolute atomic E-state index is 10.7. The first-order chi connectivity index (χ1) is 8.69. The molecule has 0 bridgehead atoms. The van der Waals surface area contributed by atoms with Crippen LogP contribution in [0.5, 0.6) is 0 Å².